The van der Waals surface area contributed by atoms with Gasteiger partial charge in [-0.3, -0.25) is 0 Å². The predicted molar refractivity (Wildman–Crippen MR) is 82.2 cm³/mol. The molecule has 0 aromatic heterocycles. The van der Waals surface area contributed by atoms with Crippen LogP contribution in [0, 0.1) is 0 Å². The van der Waals surface area contributed by atoms with Crippen molar-refractivity contribution >= 4 is 5.69 Å². The average molecular weight is 271 g/mol. The van der Waals surface area contributed by atoms with E-state index >= 15 is 0 Å². The Morgan fingerprint density at radius 3 is 2.30 bits per heavy atom. The zero-order valence-corrected chi connectivity index (χ0v) is 11.9. The van der Waals surface area contributed by atoms with Crippen molar-refractivity contribution in [3.63, 3.8) is 0 Å². The Balaban J connectivity index is 1.98. The quantitative estimate of drug-likeness (QED) is 0.713. The minimum atomic E-state index is -0.0911. The Morgan fingerprint density at radius 1 is 1.00 bits per heavy atom. The van der Waals surface area contributed by atoms with Crippen molar-refractivity contribution in [2.45, 2.75) is 32.7 Å². The van der Waals surface area contributed by atoms with E-state index in [2.05, 4.69) is 43.4 Å². The van der Waals surface area contributed by atoms with Crippen LogP contribution in [0.25, 0.3) is 0 Å². The first-order valence-electron chi connectivity index (χ1n) is 6.95. The van der Waals surface area contributed by atoms with Crippen molar-refractivity contribution in [3.8, 4) is 11.5 Å². The second-order valence-corrected chi connectivity index (χ2v) is 5.11. The second-order valence-electron chi connectivity index (χ2n) is 5.11. The molecule has 2 rings (SSSR count). The summed E-state index contributed by atoms with van der Waals surface area (Å²) >= 11 is 0. The number of anilines is 1. The van der Waals surface area contributed by atoms with Crippen LogP contribution in [-0.4, -0.2) is 10.2 Å². The van der Waals surface area contributed by atoms with E-state index in [0.717, 1.165) is 17.7 Å². The van der Waals surface area contributed by atoms with Crippen LogP contribution in [0.3, 0.4) is 0 Å². The molecule has 0 amide bonds. The van der Waals surface area contributed by atoms with Gasteiger partial charge in [0.1, 0.15) is 0 Å². The maximum atomic E-state index is 9.44. The molecule has 20 heavy (non-hydrogen) atoms. The molecule has 0 saturated heterocycles. The maximum Gasteiger partial charge on any atom is 0.157 e. The van der Waals surface area contributed by atoms with E-state index < -0.39 is 0 Å². The highest BCUT2D eigenvalue weighted by molar-refractivity contribution is 5.47. The molecule has 1 atom stereocenters. The standard InChI is InChI=1S/C17H21NO2/c1-3-12(2)14-5-7-15(8-6-14)18-11-13-4-9-16(19)17(20)10-13/h4-10,12,18-20H,3,11H2,1-2H3. The van der Waals surface area contributed by atoms with Crippen molar-refractivity contribution in [2.24, 2.45) is 0 Å². The summed E-state index contributed by atoms with van der Waals surface area (Å²) in [5.74, 6) is 0.404. The Morgan fingerprint density at radius 2 is 1.70 bits per heavy atom. The fourth-order valence-corrected chi connectivity index (χ4v) is 2.05. The zero-order valence-electron chi connectivity index (χ0n) is 11.9. The molecule has 2 aromatic carbocycles. The average Bonchev–Trinajstić information content (AvgIpc) is 2.48. The maximum absolute atomic E-state index is 9.44. The Labute approximate surface area is 119 Å². The number of hydrogen-bond donors (Lipinski definition) is 3. The third-order valence-corrected chi connectivity index (χ3v) is 3.63. The molecule has 2 aromatic rings. The number of phenols is 2. The molecule has 0 radical (unpaired) electrons. The van der Waals surface area contributed by atoms with Crippen LogP contribution in [0.15, 0.2) is 42.5 Å². The van der Waals surface area contributed by atoms with E-state index in [1.807, 2.05) is 0 Å². The lowest BCUT2D eigenvalue weighted by atomic mass is 9.99. The first kappa shape index (κ1) is 14.3. The van der Waals surface area contributed by atoms with Gasteiger partial charge in [-0.25, -0.2) is 0 Å². The Hall–Kier alpha value is -2.16. The van der Waals surface area contributed by atoms with E-state index in [-0.39, 0.29) is 11.5 Å². The van der Waals surface area contributed by atoms with Gasteiger partial charge in [0.05, 0.1) is 0 Å². The fourth-order valence-electron chi connectivity index (χ4n) is 2.05. The van der Waals surface area contributed by atoms with Crippen molar-refractivity contribution in [1.82, 2.24) is 0 Å². The molecule has 0 spiro atoms. The van der Waals surface area contributed by atoms with Gasteiger partial charge < -0.3 is 15.5 Å². The summed E-state index contributed by atoms with van der Waals surface area (Å²) in [5.41, 5.74) is 3.32. The smallest absolute Gasteiger partial charge is 0.157 e. The molecule has 0 aliphatic carbocycles. The third-order valence-electron chi connectivity index (χ3n) is 3.63. The van der Waals surface area contributed by atoms with E-state index in [1.54, 1.807) is 12.1 Å². The molecule has 0 heterocycles. The zero-order chi connectivity index (χ0) is 14.5. The van der Waals surface area contributed by atoms with Crippen LogP contribution in [0.1, 0.15) is 37.3 Å². The molecule has 3 N–H and O–H groups in total. The second kappa shape index (κ2) is 6.33. The number of rotatable bonds is 5. The fraction of sp³-hybridized carbons (Fsp3) is 0.294. The van der Waals surface area contributed by atoms with Gasteiger partial charge in [0.2, 0.25) is 0 Å². The molecule has 106 valence electrons. The molecule has 0 aliphatic rings. The lowest BCUT2D eigenvalue weighted by molar-refractivity contribution is 0.403. The first-order chi connectivity index (χ1) is 9.60. The Bertz CT molecular complexity index is 564. The lowest BCUT2D eigenvalue weighted by Crippen LogP contribution is -1.99. The van der Waals surface area contributed by atoms with Gasteiger partial charge in [0, 0.05) is 12.2 Å². The minimum absolute atomic E-state index is 0.0866. The van der Waals surface area contributed by atoms with Gasteiger partial charge in [-0.15, -0.1) is 0 Å². The Kier molecular flexibility index (Phi) is 4.51. The van der Waals surface area contributed by atoms with E-state index in [9.17, 15) is 10.2 Å². The third kappa shape index (κ3) is 3.44. The number of benzene rings is 2. The molecule has 0 aliphatic heterocycles. The van der Waals surface area contributed by atoms with E-state index in [1.165, 1.54) is 11.6 Å². The SMILES string of the molecule is CCC(C)c1ccc(NCc2ccc(O)c(O)c2)cc1. The highest BCUT2D eigenvalue weighted by Crippen LogP contribution is 2.25. The van der Waals surface area contributed by atoms with Crippen LogP contribution in [0.5, 0.6) is 11.5 Å². The van der Waals surface area contributed by atoms with Gasteiger partial charge in [-0.2, -0.15) is 0 Å². The topological polar surface area (TPSA) is 52.5 Å². The first-order valence-corrected chi connectivity index (χ1v) is 6.95. The molecule has 1 unspecified atom stereocenters. The molecule has 3 heteroatoms. The van der Waals surface area contributed by atoms with Crippen LogP contribution in [0.4, 0.5) is 5.69 Å². The highest BCUT2D eigenvalue weighted by Gasteiger charge is 2.03. The number of hydrogen-bond acceptors (Lipinski definition) is 3. The van der Waals surface area contributed by atoms with E-state index in [0.29, 0.717) is 12.5 Å². The molecule has 0 fully saturated rings. The van der Waals surface area contributed by atoms with E-state index in [4.69, 9.17) is 0 Å². The lowest BCUT2D eigenvalue weighted by Gasteiger charge is -2.11. The van der Waals surface area contributed by atoms with Gasteiger partial charge >= 0.3 is 0 Å². The molecule has 0 bridgehead atoms. The monoisotopic (exact) mass is 271 g/mol. The summed E-state index contributed by atoms with van der Waals surface area (Å²) in [6, 6.07) is 13.3. The molecule has 3 nitrogen and oxygen atoms in total. The number of aromatic hydroxyl groups is 2. The van der Waals surface area contributed by atoms with Crippen molar-refractivity contribution < 1.29 is 10.2 Å². The summed E-state index contributed by atoms with van der Waals surface area (Å²) in [7, 11) is 0. The van der Waals surface area contributed by atoms with Crippen molar-refractivity contribution in [3.05, 3.63) is 53.6 Å². The minimum Gasteiger partial charge on any atom is -0.504 e. The van der Waals surface area contributed by atoms with Crippen LogP contribution < -0.4 is 5.32 Å². The molecular formula is C17H21NO2. The summed E-state index contributed by atoms with van der Waals surface area (Å²) < 4.78 is 0. The summed E-state index contributed by atoms with van der Waals surface area (Å²) in [4.78, 5) is 0. The van der Waals surface area contributed by atoms with Crippen LogP contribution >= 0.6 is 0 Å². The van der Waals surface area contributed by atoms with Crippen LogP contribution in [-0.2, 0) is 6.54 Å². The normalized spacial score (nSPS) is 12.1. The van der Waals surface area contributed by atoms with Crippen molar-refractivity contribution in [2.75, 3.05) is 5.32 Å². The predicted octanol–water partition coefficient (Wildman–Crippen LogP) is 4.22. The summed E-state index contributed by atoms with van der Waals surface area (Å²) in [6.45, 7) is 5.02. The van der Waals surface area contributed by atoms with Gasteiger partial charge in [0.15, 0.2) is 11.5 Å². The summed E-state index contributed by atoms with van der Waals surface area (Å²) in [6.07, 6.45) is 1.14. The largest absolute Gasteiger partial charge is 0.504 e. The van der Waals surface area contributed by atoms with Gasteiger partial charge in [-0.05, 0) is 47.7 Å². The van der Waals surface area contributed by atoms with Gasteiger partial charge in [-0.1, -0.05) is 32.0 Å². The number of phenolic OH excluding ortho intramolecular Hbond substituents is 2. The summed E-state index contributed by atoms with van der Waals surface area (Å²) in [5, 5.41) is 22.0. The van der Waals surface area contributed by atoms with Crippen LogP contribution in [0.2, 0.25) is 0 Å². The highest BCUT2D eigenvalue weighted by atomic mass is 16.3. The van der Waals surface area contributed by atoms with Crippen molar-refractivity contribution in [1.29, 1.82) is 0 Å². The van der Waals surface area contributed by atoms with Gasteiger partial charge in [0.25, 0.3) is 0 Å². The molecule has 0 saturated carbocycles. The number of nitrogens with one attached hydrogen (secondary N) is 1. The molecular weight excluding hydrogens is 250 g/mol.